The minimum Gasteiger partial charge on any atom is -0.367 e. The Hall–Kier alpha value is -1.49. The summed E-state index contributed by atoms with van der Waals surface area (Å²) in [6.07, 6.45) is 6.19. The average Bonchev–Trinajstić information content (AvgIpc) is 2.53. The molecule has 24 heavy (non-hydrogen) atoms. The Balaban J connectivity index is 1.61. The van der Waals surface area contributed by atoms with Gasteiger partial charge in [-0.05, 0) is 49.1 Å². The third-order valence-electron chi connectivity index (χ3n) is 4.75. The van der Waals surface area contributed by atoms with E-state index in [2.05, 4.69) is 41.7 Å². The molecule has 5 nitrogen and oxygen atoms in total. The number of aromatic nitrogens is 1. The fraction of sp³-hybridized carbons (Fsp3) is 0.667. The lowest BCUT2D eigenvalue weighted by atomic mass is 9.71. The van der Waals surface area contributed by atoms with Crippen molar-refractivity contribution in [3.63, 3.8) is 0 Å². The van der Waals surface area contributed by atoms with Crippen LogP contribution < -0.4 is 16.0 Å². The first-order chi connectivity index (χ1) is 11.4. The van der Waals surface area contributed by atoms with E-state index in [9.17, 15) is 4.79 Å². The molecule has 0 saturated heterocycles. The minimum atomic E-state index is -0.0943. The highest BCUT2D eigenvalue weighted by Crippen LogP contribution is 2.37. The molecular formula is C18H29ClN4O. The second-order valence-corrected chi connectivity index (χ2v) is 7.98. The van der Waals surface area contributed by atoms with E-state index >= 15 is 0 Å². The molecule has 0 aromatic carbocycles. The summed E-state index contributed by atoms with van der Waals surface area (Å²) in [7, 11) is 0. The Bertz CT molecular complexity index is 536. The summed E-state index contributed by atoms with van der Waals surface area (Å²) < 4.78 is 0. The maximum atomic E-state index is 12.0. The maximum absolute atomic E-state index is 12.0. The molecule has 134 valence electrons. The zero-order chi connectivity index (χ0) is 17.6. The summed E-state index contributed by atoms with van der Waals surface area (Å²) in [6.45, 7) is 8.02. The fourth-order valence-corrected chi connectivity index (χ4v) is 3.40. The fourth-order valence-electron chi connectivity index (χ4n) is 3.21. The first kappa shape index (κ1) is 18.8. The predicted octanol–water partition coefficient (Wildman–Crippen LogP) is 4.05. The molecule has 1 aromatic rings. The van der Waals surface area contributed by atoms with Gasteiger partial charge in [-0.1, -0.05) is 32.4 Å². The smallest absolute Gasteiger partial charge is 0.315 e. The van der Waals surface area contributed by atoms with E-state index in [1.54, 1.807) is 18.3 Å². The zero-order valence-corrected chi connectivity index (χ0v) is 15.6. The highest BCUT2D eigenvalue weighted by atomic mass is 35.5. The highest BCUT2D eigenvalue weighted by molar-refractivity contribution is 6.32. The second-order valence-electron chi connectivity index (χ2n) is 7.58. The largest absolute Gasteiger partial charge is 0.367 e. The quantitative estimate of drug-likeness (QED) is 0.700. The van der Waals surface area contributed by atoms with Crippen LogP contribution in [-0.2, 0) is 0 Å². The van der Waals surface area contributed by atoms with E-state index < -0.39 is 0 Å². The Labute approximate surface area is 150 Å². The summed E-state index contributed by atoms with van der Waals surface area (Å²) >= 11 is 6.01. The Morgan fingerprint density at radius 3 is 2.58 bits per heavy atom. The van der Waals surface area contributed by atoms with Gasteiger partial charge < -0.3 is 16.0 Å². The van der Waals surface area contributed by atoms with Crippen LogP contribution in [0.25, 0.3) is 0 Å². The van der Waals surface area contributed by atoms with Crippen molar-refractivity contribution in [1.29, 1.82) is 0 Å². The monoisotopic (exact) mass is 352 g/mol. The van der Waals surface area contributed by atoms with E-state index in [0.29, 0.717) is 35.4 Å². The average molecular weight is 353 g/mol. The van der Waals surface area contributed by atoms with Crippen molar-refractivity contribution in [1.82, 2.24) is 15.6 Å². The number of hydrogen-bond donors (Lipinski definition) is 3. The maximum Gasteiger partial charge on any atom is 0.315 e. The first-order valence-electron chi connectivity index (χ1n) is 8.75. The normalized spacial score (nSPS) is 21.2. The molecule has 0 bridgehead atoms. The highest BCUT2D eigenvalue weighted by Gasteiger charge is 2.30. The molecule has 0 aliphatic heterocycles. The van der Waals surface area contributed by atoms with Gasteiger partial charge in [-0.15, -0.1) is 0 Å². The topological polar surface area (TPSA) is 66.1 Å². The molecular weight excluding hydrogens is 324 g/mol. The van der Waals surface area contributed by atoms with Gasteiger partial charge in [-0.2, -0.15) is 0 Å². The van der Waals surface area contributed by atoms with Crippen LogP contribution in [0.5, 0.6) is 0 Å². The number of nitrogens with one attached hydrogen (secondary N) is 3. The second kappa shape index (κ2) is 8.56. The molecule has 1 aliphatic rings. The van der Waals surface area contributed by atoms with Gasteiger partial charge in [-0.3, -0.25) is 0 Å². The number of anilines is 1. The van der Waals surface area contributed by atoms with Gasteiger partial charge in [-0.25, -0.2) is 9.78 Å². The van der Waals surface area contributed by atoms with Gasteiger partial charge in [0.25, 0.3) is 0 Å². The molecule has 1 heterocycles. The summed E-state index contributed by atoms with van der Waals surface area (Å²) in [4.78, 5) is 16.1. The Morgan fingerprint density at radius 1 is 1.25 bits per heavy atom. The Kier molecular flexibility index (Phi) is 6.72. The lowest BCUT2D eigenvalue weighted by Gasteiger charge is -2.37. The first-order valence-corrected chi connectivity index (χ1v) is 9.13. The number of rotatable bonds is 5. The van der Waals surface area contributed by atoms with Crippen LogP contribution in [0.4, 0.5) is 10.6 Å². The van der Waals surface area contributed by atoms with E-state index in [-0.39, 0.29) is 6.03 Å². The van der Waals surface area contributed by atoms with E-state index in [1.807, 2.05) is 0 Å². The van der Waals surface area contributed by atoms with Crippen molar-refractivity contribution in [3.8, 4) is 0 Å². The third-order valence-corrected chi connectivity index (χ3v) is 5.05. The number of amides is 2. The molecule has 1 aliphatic carbocycles. The molecule has 0 radical (unpaired) electrons. The number of carbonyl (C=O) groups excluding carboxylic acids is 1. The predicted molar refractivity (Wildman–Crippen MR) is 99.5 cm³/mol. The summed E-state index contributed by atoms with van der Waals surface area (Å²) in [6, 6.07) is 3.77. The van der Waals surface area contributed by atoms with Crippen LogP contribution in [0, 0.1) is 11.3 Å². The van der Waals surface area contributed by atoms with E-state index in [0.717, 1.165) is 18.8 Å². The van der Waals surface area contributed by atoms with Crippen molar-refractivity contribution in [2.75, 3.05) is 18.4 Å². The van der Waals surface area contributed by atoms with Crippen molar-refractivity contribution < 1.29 is 4.79 Å². The van der Waals surface area contributed by atoms with Crippen molar-refractivity contribution in [3.05, 3.63) is 23.4 Å². The van der Waals surface area contributed by atoms with Crippen LogP contribution >= 0.6 is 11.6 Å². The number of urea groups is 1. The van der Waals surface area contributed by atoms with Crippen LogP contribution in [0.15, 0.2) is 18.3 Å². The summed E-state index contributed by atoms with van der Waals surface area (Å²) in [5.74, 6) is 1.40. The molecule has 0 unspecified atom stereocenters. The number of halogens is 1. The van der Waals surface area contributed by atoms with Gasteiger partial charge in [0.05, 0.1) is 5.02 Å². The van der Waals surface area contributed by atoms with E-state index in [4.69, 9.17) is 11.6 Å². The lowest BCUT2D eigenvalue weighted by Crippen LogP contribution is -2.45. The lowest BCUT2D eigenvalue weighted by molar-refractivity contribution is 0.160. The molecule has 2 amide bonds. The van der Waals surface area contributed by atoms with Crippen molar-refractivity contribution >= 4 is 23.4 Å². The molecule has 0 spiro atoms. The van der Waals surface area contributed by atoms with Crippen LogP contribution in [0.3, 0.4) is 0 Å². The van der Waals surface area contributed by atoms with E-state index in [1.165, 1.54) is 12.8 Å². The standard InChI is InChI=1S/C18H29ClN4O/c1-18(2,3)13-6-8-14(9-7-13)23-17(24)22-12-11-21-16-15(19)5-4-10-20-16/h4-5,10,13-14H,6-9,11-12H2,1-3H3,(H,20,21)(H2,22,23,24). The Morgan fingerprint density at radius 2 is 1.96 bits per heavy atom. The number of hydrogen-bond acceptors (Lipinski definition) is 3. The molecule has 6 heteroatoms. The third kappa shape index (κ3) is 5.86. The zero-order valence-electron chi connectivity index (χ0n) is 14.9. The van der Waals surface area contributed by atoms with Gasteiger partial charge >= 0.3 is 6.03 Å². The van der Waals surface area contributed by atoms with Gasteiger partial charge in [0.15, 0.2) is 0 Å². The van der Waals surface area contributed by atoms with Crippen LogP contribution in [0.1, 0.15) is 46.5 Å². The SMILES string of the molecule is CC(C)(C)C1CCC(NC(=O)NCCNc2ncccc2Cl)CC1. The molecule has 0 atom stereocenters. The molecule has 2 rings (SSSR count). The molecule has 1 aromatic heterocycles. The van der Waals surface area contributed by atoms with Crippen LogP contribution in [-0.4, -0.2) is 30.1 Å². The number of nitrogens with zero attached hydrogens (tertiary/aromatic N) is 1. The molecule has 1 saturated carbocycles. The summed E-state index contributed by atoms with van der Waals surface area (Å²) in [5, 5.41) is 9.65. The summed E-state index contributed by atoms with van der Waals surface area (Å²) in [5.41, 5.74) is 0.367. The van der Waals surface area contributed by atoms with Gasteiger partial charge in [0, 0.05) is 25.3 Å². The molecule has 3 N–H and O–H groups in total. The number of pyridine rings is 1. The van der Waals surface area contributed by atoms with Crippen molar-refractivity contribution in [2.24, 2.45) is 11.3 Å². The minimum absolute atomic E-state index is 0.0943. The molecule has 1 fully saturated rings. The van der Waals surface area contributed by atoms with Crippen molar-refractivity contribution in [2.45, 2.75) is 52.5 Å². The van der Waals surface area contributed by atoms with Gasteiger partial charge in [0.2, 0.25) is 0 Å². The van der Waals surface area contributed by atoms with Gasteiger partial charge in [0.1, 0.15) is 5.82 Å². The number of carbonyl (C=O) groups is 1. The van der Waals surface area contributed by atoms with Crippen LogP contribution in [0.2, 0.25) is 5.02 Å².